The van der Waals surface area contributed by atoms with Crippen molar-refractivity contribution in [1.29, 1.82) is 0 Å². The van der Waals surface area contributed by atoms with Crippen molar-refractivity contribution in [2.75, 3.05) is 18.0 Å². The average Bonchev–Trinajstić information content (AvgIpc) is 3.31. The molecule has 0 bridgehead atoms. The third-order valence-electron chi connectivity index (χ3n) is 5.30. The van der Waals surface area contributed by atoms with E-state index < -0.39 is 0 Å². The summed E-state index contributed by atoms with van der Waals surface area (Å²) in [6.07, 6.45) is 1.81. The number of rotatable bonds is 7. The maximum Gasteiger partial charge on any atom is 0.249 e. The maximum absolute atomic E-state index is 13.2. The van der Waals surface area contributed by atoms with Gasteiger partial charge in [-0.25, -0.2) is 0 Å². The Labute approximate surface area is 181 Å². The van der Waals surface area contributed by atoms with Crippen molar-refractivity contribution in [2.24, 2.45) is 0 Å². The summed E-state index contributed by atoms with van der Waals surface area (Å²) >= 11 is 6.23. The van der Waals surface area contributed by atoms with Gasteiger partial charge in [0.1, 0.15) is 0 Å². The van der Waals surface area contributed by atoms with Gasteiger partial charge in [0.05, 0.1) is 23.7 Å². The second-order valence-corrected chi connectivity index (χ2v) is 8.04. The Morgan fingerprint density at radius 3 is 2.77 bits per heavy atom. The molecule has 2 heterocycles. The Kier molecular flexibility index (Phi) is 6.16. The topological polar surface area (TPSA) is 62.5 Å². The molecular weight excluding hydrogens is 400 g/mol. The molecule has 30 heavy (non-hydrogen) atoms. The predicted molar refractivity (Wildman–Crippen MR) is 117 cm³/mol. The average molecular weight is 425 g/mol. The Balaban J connectivity index is 1.47. The number of aromatic nitrogens is 2. The second-order valence-electron chi connectivity index (χ2n) is 7.64. The molecule has 0 aliphatic carbocycles. The molecular formula is C23H25ClN4O2. The lowest BCUT2D eigenvalue weighted by molar-refractivity contribution is -0.120. The van der Waals surface area contributed by atoms with Crippen LogP contribution in [0.1, 0.15) is 31.7 Å². The van der Waals surface area contributed by atoms with Gasteiger partial charge in [-0.15, -0.1) is 10.2 Å². The smallest absolute Gasteiger partial charge is 0.249 e. The van der Waals surface area contributed by atoms with E-state index in [9.17, 15) is 4.79 Å². The summed E-state index contributed by atoms with van der Waals surface area (Å²) in [4.78, 5) is 17.1. The number of para-hydroxylation sites is 1. The minimum atomic E-state index is 0.0896. The number of carbonyl (C=O) groups is 1. The van der Waals surface area contributed by atoms with Crippen LogP contribution in [0.25, 0.3) is 11.5 Å². The van der Waals surface area contributed by atoms with E-state index in [0.29, 0.717) is 35.5 Å². The van der Waals surface area contributed by atoms with Crippen molar-refractivity contribution in [3.8, 4) is 11.5 Å². The van der Waals surface area contributed by atoms with Crippen LogP contribution < -0.4 is 4.90 Å². The van der Waals surface area contributed by atoms with Gasteiger partial charge in [0, 0.05) is 11.7 Å². The summed E-state index contributed by atoms with van der Waals surface area (Å²) in [5, 5.41) is 8.87. The van der Waals surface area contributed by atoms with Gasteiger partial charge >= 0.3 is 0 Å². The lowest BCUT2D eigenvalue weighted by Gasteiger charge is -2.27. The largest absolute Gasteiger partial charge is 0.419 e. The van der Waals surface area contributed by atoms with E-state index in [-0.39, 0.29) is 11.9 Å². The van der Waals surface area contributed by atoms with E-state index >= 15 is 0 Å². The van der Waals surface area contributed by atoms with E-state index in [1.165, 1.54) is 5.56 Å². The molecule has 6 nitrogen and oxygen atoms in total. The van der Waals surface area contributed by atoms with E-state index in [1.54, 1.807) is 6.07 Å². The molecule has 1 aliphatic rings. The predicted octanol–water partition coefficient (Wildman–Crippen LogP) is 4.58. The Morgan fingerprint density at radius 1 is 1.20 bits per heavy atom. The molecule has 0 spiro atoms. The fourth-order valence-electron chi connectivity index (χ4n) is 4.00. The van der Waals surface area contributed by atoms with Crippen LogP contribution in [-0.4, -0.2) is 40.1 Å². The zero-order chi connectivity index (χ0) is 21.1. The summed E-state index contributed by atoms with van der Waals surface area (Å²) < 4.78 is 5.84. The number of carbonyl (C=O) groups excluding carboxylic acids is 1. The number of fused-ring (bicyclic) bond motifs is 1. The highest BCUT2D eigenvalue weighted by molar-refractivity contribution is 6.33. The van der Waals surface area contributed by atoms with Crippen LogP contribution in [-0.2, 0) is 17.8 Å². The van der Waals surface area contributed by atoms with Gasteiger partial charge in [-0.3, -0.25) is 9.69 Å². The number of nitrogens with zero attached hydrogens (tertiary/aromatic N) is 4. The first kappa shape index (κ1) is 20.6. The van der Waals surface area contributed by atoms with E-state index in [2.05, 4.69) is 35.0 Å². The summed E-state index contributed by atoms with van der Waals surface area (Å²) in [5.41, 5.74) is 2.95. The van der Waals surface area contributed by atoms with Gasteiger partial charge in [-0.1, -0.05) is 48.9 Å². The van der Waals surface area contributed by atoms with Crippen LogP contribution >= 0.6 is 11.6 Å². The first-order valence-corrected chi connectivity index (χ1v) is 10.6. The van der Waals surface area contributed by atoms with Crippen LogP contribution in [0.4, 0.5) is 5.69 Å². The first-order valence-electron chi connectivity index (χ1n) is 10.3. The molecule has 0 saturated heterocycles. The molecule has 0 N–H and O–H groups in total. The molecule has 1 amide bonds. The summed E-state index contributed by atoms with van der Waals surface area (Å²) in [7, 11) is 0. The van der Waals surface area contributed by atoms with Gasteiger partial charge in [0.25, 0.3) is 0 Å². The van der Waals surface area contributed by atoms with Gasteiger partial charge in [0.2, 0.25) is 17.7 Å². The third-order valence-corrected chi connectivity index (χ3v) is 5.63. The molecule has 0 saturated carbocycles. The highest BCUT2D eigenvalue weighted by Gasteiger charge is 2.31. The molecule has 0 radical (unpaired) electrons. The zero-order valence-corrected chi connectivity index (χ0v) is 18.0. The molecule has 4 rings (SSSR count). The molecule has 1 unspecified atom stereocenters. The van der Waals surface area contributed by atoms with E-state index in [4.69, 9.17) is 16.0 Å². The fraction of sp³-hybridized carbons (Fsp3) is 0.348. The summed E-state index contributed by atoms with van der Waals surface area (Å²) in [5.74, 6) is 0.952. The summed E-state index contributed by atoms with van der Waals surface area (Å²) in [6, 6.07) is 15.7. The van der Waals surface area contributed by atoms with Crippen molar-refractivity contribution >= 4 is 23.2 Å². The number of anilines is 1. The molecule has 2 aromatic carbocycles. The fourth-order valence-corrected chi connectivity index (χ4v) is 4.21. The molecule has 3 aromatic rings. The van der Waals surface area contributed by atoms with Crippen molar-refractivity contribution in [1.82, 2.24) is 15.1 Å². The van der Waals surface area contributed by atoms with E-state index in [1.807, 2.05) is 41.3 Å². The standard InChI is InChI=1S/C23H25ClN4O2/c1-3-12-27(14-21-25-26-23(30-21)18-9-5-6-10-19(18)24)15-22(29)28-16(2)13-17-8-4-7-11-20(17)28/h4-11,16H,3,12-15H2,1-2H3. The Morgan fingerprint density at radius 2 is 1.97 bits per heavy atom. The molecule has 7 heteroatoms. The van der Waals surface area contributed by atoms with Crippen molar-refractivity contribution < 1.29 is 9.21 Å². The lowest BCUT2D eigenvalue weighted by Crippen LogP contribution is -2.43. The van der Waals surface area contributed by atoms with Crippen LogP contribution in [0.5, 0.6) is 0 Å². The SMILES string of the molecule is CCCN(CC(=O)N1c2ccccc2CC1C)Cc1nnc(-c2ccccc2Cl)o1. The van der Waals surface area contributed by atoms with Crippen LogP contribution in [0.15, 0.2) is 52.9 Å². The molecule has 1 aromatic heterocycles. The first-order chi connectivity index (χ1) is 14.6. The number of hydrogen-bond acceptors (Lipinski definition) is 5. The van der Waals surface area contributed by atoms with Crippen LogP contribution in [0.3, 0.4) is 0 Å². The van der Waals surface area contributed by atoms with Crippen molar-refractivity contribution in [3.05, 3.63) is 65.0 Å². The number of halogens is 1. The van der Waals surface area contributed by atoms with Gasteiger partial charge in [-0.2, -0.15) is 0 Å². The molecule has 1 aliphatic heterocycles. The monoisotopic (exact) mass is 424 g/mol. The van der Waals surface area contributed by atoms with Gasteiger partial charge < -0.3 is 9.32 Å². The Hall–Kier alpha value is -2.70. The minimum absolute atomic E-state index is 0.0896. The summed E-state index contributed by atoms with van der Waals surface area (Å²) in [6.45, 7) is 5.67. The highest BCUT2D eigenvalue weighted by atomic mass is 35.5. The van der Waals surface area contributed by atoms with E-state index in [0.717, 1.165) is 25.1 Å². The van der Waals surface area contributed by atoms with Crippen molar-refractivity contribution in [2.45, 2.75) is 39.3 Å². The molecule has 1 atom stereocenters. The van der Waals surface area contributed by atoms with Crippen LogP contribution in [0, 0.1) is 0 Å². The van der Waals surface area contributed by atoms with Crippen molar-refractivity contribution in [3.63, 3.8) is 0 Å². The third kappa shape index (κ3) is 4.25. The Bertz CT molecular complexity index is 1040. The minimum Gasteiger partial charge on any atom is -0.419 e. The zero-order valence-electron chi connectivity index (χ0n) is 17.2. The molecule has 156 valence electrons. The quantitative estimate of drug-likeness (QED) is 0.555. The number of benzene rings is 2. The second kappa shape index (κ2) is 8.98. The number of hydrogen-bond donors (Lipinski definition) is 0. The molecule has 0 fully saturated rings. The van der Waals surface area contributed by atoms with Gasteiger partial charge in [0.15, 0.2) is 0 Å². The maximum atomic E-state index is 13.2. The number of amides is 1. The van der Waals surface area contributed by atoms with Gasteiger partial charge in [-0.05, 0) is 50.1 Å². The lowest BCUT2D eigenvalue weighted by atomic mass is 10.1. The highest BCUT2D eigenvalue weighted by Crippen LogP contribution is 2.32. The van der Waals surface area contributed by atoms with Crippen LogP contribution in [0.2, 0.25) is 5.02 Å². The normalized spacial score (nSPS) is 15.6.